The van der Waals surface area contributed by atoms with Crippen LogP contribution in [0.3, 0.4) is 0 Å². The van der Waals surface area contributed by atoms with Crippen molar-refractivity contribution in [3.63, 3.8) is 0 Å². The lowest BCUT2D eigenvalue weighted by atomic mass is 9.79. The first-order valence-electron chi connectivity index (χ1n) is 6.30. The molecule has 0 saturated heterocycles. The molecule has 1 aliphatic rings. The third kappa shape index (κ3) is 2.79. The highest BCUT2D eigenvalue weighted by atomic mass is 16.5. The number of benzene rings is 1. The average Bonchev–Trinajstić information content (AvgIpc) is 2.39. The van der Waals surface area contributed by atoms with Crippen molar-refractivity contribution in [3.8, 4) is 5.75 Å². The van der Waals surface area contributed by atoms with E-state index in [0.717, 1.165) is 24.2 Å². The fraction of sp³-hybridized carbons (Fsp3) is 0.571. The van der Waals surface area contributed by atoms with Crippen LogP contribution in [0, 0.1) is 5.92 Å². The molecule has 0 spiro atoms. The number of hydrogen-bond acceptors (Lipinski definition) is 3. The van der Waals surface area contributed by atoms with Gasteiger partial charge in [-0.25, -0.2) is 0 Å². The molecule has 0 heterocycles. The number of rotatable bonds is 3. The second-order valence-corrected chi connectivity index (χ2v) is 4.83. The summed E-state index contributed by atoms with van der Waals surface area (Å²) in [6.45, 7) is 0. The van der Waals surface area contributed by atoms with E-state index in [1.807, 2.05) is 24.3 Å². The van der Waals surface area contributed by atoms with Gasteiger partial charge < -0.3 is 15.6 Å². The smallest absolute Gasteiger partial charge is 0.118 e. The molecule has 1 aromatic rings. The van der Waals surface area contributed by atoms with Crippen molar-refractivity contribution in [2.75, 3.05) is 7.11 Å². The highest BCUT2D eigenvalue weighted by Crippen LogP contribution is 2.34. The molecule has 0 amide bonds. The molecule has 1 fully saturated rings. The zero-order chi connectivity index (χ0) is 12.3. The molecular formula is C14H21NO2. The van der Waals surface area contributed by atoms with E-state index in [9.17, 15) is 5.11 Å². The highest BCUT2D eigenvalue weighted by Gasteiger charge is 2.29. The molecule has 0 aliphatic heterocycles. The van der Waals surface area contributed by atoms with Gasteiger partial charge >= 0.3 is 0 Å². The highest BCUT2D eigenvalue weighted by molar-refractivity contribution is 5.28. The van der Waals surface area contributed by atoms with E-state index in [0.29, 0.717) is 0 Å². The summed E-state index contributed by atoms with van der Waals surface area (Å²) in [4.78, 5) is 0. The summed E-state index contributed by atoms with van der Waals surface area (Å²) < 4.78 is 5.11. The van der Waals surface area contributed by atoms with Gasteiger partial charge in [0.05, 0.1) is 13.2 Å². The molecule has 0 bridgehead atoms. The predicted molar refractivity (Wildman–Crippen MR) is 67.9 cm³/mol. The maximum Gasteiger partial charge on any atom is 0.118 e. The molecule has 1 saturated carbocycles. The van der Waals surface area contributed by atoms with E-state index in [1.165, 1.54) is 12.8 Å². The first-order valence-corrected chi connectivity index (χ1v) is 6.30. The fourth-order valence-corrected chi connectivity index (χ4v) is 2.63. The molecule has 3 heteroatoms. The minimum absolute atomic E-state index is 0.126. The van der Waals surface area contributed by atoms with Gasteiger partial charge in [0.1, 0.15) is 5.75 Å². The number of ether oxygens (including phenoxy) is 1. The second-order valence-electron chi connectivity index (χ2n) is 4.83. The number of hydrogen-bond donors (Lipinski definition) is 2. The minimum Gasteiger partial charge on any atom is -0.497 e. The maximum absolute atomic E-state index is 10.4. The van der Waals surface area contributed by atoms with Crippen molar-refractivity contribution in [2.24, 2.45) is 11.7 Å². The molecule has 3 atom stereocenters. The van der Waals surface area contributed by atoms with Crippen LogP contribution in [0.25, 0.3) is 0 Å². The largest absolute Gasteiger partial charge is 0.497 e. The van der Waals surface area contributed by atoms with Crippen molar-refractivity contribution in [3.05, 3.63) is 29.8 Å². The van der Waals surface area contributed by atoms with Crippen LogP contribution in [-0.4, -0.2) is 18.3 Å². The Bertz CT molecular complexity index is 350. The molecule has 0 unspecified atom stereocenters. The summed E-state index contributed by atoms with van der Waals surface area (Å²) in [5.41, 5.74) is 7.03. The number of nitrogens with two attached hydrogens (primary N) is 1. The molecule has 0 aromatic heterocycles. The Morgan fingerprint density at radius 2 is 1.88 bits per heavy atom. The summed E-state index contributed by atoms with van der Waals surface area (Å²) in [7, 11) is 1.64. The van der Waals surface area contributed by atoms with Crippen molar-refractivity contribution >= 4 is 0 Å². The molecular weight excluding hydrogens is 214 g/mol. The summed E-state index contributed by atoms with van der Waals surface area (Å²) in [5.74, 6) is 1.01. The average molecular weight is 235 g/mol. The second kappa shape index (κ2) is 5.52. The van der Waals surface area contributed by atoms with E-state index in [1.54, 1.807) is 7.11 Å². The number of aliphatic hydroxyl groups excluding tert-OH is 1. The monoisotopic (exact) mass is 235 g/mol. The van der Waals surface area contributed by atoms with E-state index in [2.05, 4.69) is 0 Å². The Morgan fingerprint density at radius 1 is 1.24 bits per heavy atom. The van der Waals surface area contributed by atoms with E-state index >= 15 is 0 Å². The van der Waals surface area contributed by atoms with Crippen LogP contribution in [0.5, 0.6) is 5.75 Å². The molecule has 0 radical (unpaired) electrons. The molecule has 1 aromatic carbocycles. The zero-order valence-corrected chi connectivity index (χ0v) is 10.3. The number of aliphatic hydroxyl groups is 1. The molecule has 1 aliphatic carbocycles. The molecule has 94 valence electrons. The third-order valence-electron chi connectivity index (χ3n) is 3.74. The van der Waals surface area contributed by atoms with Gasteiger partial charge in [0.2, 0.25) is 0 Å². The Kier molecular flexibility index (Phi) is 4.02. The van der Waals surface area contributed by atoms with Gasteiger partial charge in [-0.1, -0.05) is 25.0 Å². The lowest BCUT2D eigenvalue weighted by Crippen LogP contribution is -2.36. The molecule has 3 N–H and O–H groups in total. The summed E-state index contributed by atoms with van der Waals surface area (Å²) in [6, 6.07) is 7.73. The van der Waals surface area contributed by atoms with Gasteiger partial charge in [-0.15, -0.1) is 0 Å². The summed E-state index contributed by atoms with van der Waals surface area (Å²) >= 11 is 0. The first kappa shape index (κ1) is 12.4. The topological polar surface area (TPSA) is 55.5 Å². The first-order chi connectivity index (χ1) is 8.22. The fourth-order valence-electron chi connectivity index (χ4n) is 2.63. The van der Waals surface area contributed by atoms with Gasteiger partial charge in [0.25, 0.3) is 0 Å². The minimum atomic E-state index is -0.448. The Hall–Kier alpha value is -1.06. The molecule has 2 rings (SSSR count). The van der Waals surface area contributed by atoms with Gasteiger partial charge in [0.15, 0.2) is 0 Å². The van der Waals surface area contributed by atoms with Crippen LogP contribution >= 0.6 is 0 Å². The van der Waals surface area contributed by atoms with Crippen LogP contribution in [0.2, 0.25) is 0 Å². The van der Waals surface area contributed by atoms with Gasteiger partial charge in [-0.2, -0.15) is 0 Å². The zero-order valence-electron chi connectivity index (χ0n) is 10.3. The van der Waals surface area contributed by atoms with Crippen LogP contribution in [-0.2, 0) is 0 Å². The van der Waals surface area contributed by atoms with Gasteiger partial charge in [-0.05, 0) is 30.5 Å². The third-order valence-corrected chi connectivity index (χ3v) is 3.74. The van der Waals surface area contributed by atoms with E-state index in [-0.39, 0.29) is 12.0 Å². The quantitative estimate of drug-likeness (QED) is 0.844. The van der Waals surface area contributed by atoms with Crippen LogP contribution in [0.1, 0.15) is 37.4 Å². The van der Waals surface area contributed by atoms with E-state index in [4.69, 9.17) is 10.5 Å². The normalized spacial score (nSPS) is 26.5. The predicted octanol–water partition coefficient (Wildman–Crippen LogP) is 2.25. The van der Waals surface area contributed by atoms with E-state index < -0.39 is 6.10 Å². The lowest BCUT2D eigenvalue weighted by molar-refractivity contribution is 0.0721. The van der Waals surface area contributed by atoms with Gasteiger partial charge in [-0.3, -0.25) is 0 Å². The molecule has 3 nitrogen and oxygen atoms in total. The Balaban J connectivity index is 2.09. The SMILES string of the molecule is COc1ccc([C@@H](O)[C@H]2CCCC[C@@H]2N)cc1. The van der Waals surface area contributed by atoms with Crippen molar-refractivity contribution < 1.29 is 9.84 Å². The Morgan fingerprint density at radius 3 is 2.47 bits per heavy atom. The van der Waals surface area contributed by atoms with Crippen molar-refractivity contribution in [1.29, 1.82) is 0 Å². The van der Waals surface area contributed by atoms with Crippen LogP contribution in [0.4, 0.5) is 0 Å². The van der Waals surface area contributed by atoms with Gasteiger partial charge in [0, 0.05) is 12.0 Å². The number of methoxy groups -OCH3 is 1. The molecule has 17 heavy (non-hydrogen) atoms. The van der Waals surface area contributed by atoms with Crippen LogP contribution in [0.15, 0.2) is 24.3 Å². The summed E-state index contributed by atoms with van der Waals surface area (Å²) in [5, 5.41) is 10.4. The standard InChI is InChI=1S/C14H21NO2/c1-17-11-8-6-10(7-9-11)14(16)12-4-2-3-5-13(12)15/h6-9,12-14,16H,2-5,15H2,1H3/t12-,13-,14+/m0/s1. The van der Waals surface area contributed by atoms with Crippen LogP contribution < -0.4 is 10.5 Å². The maximum atomic E-state index is 10.4. The van der Waals surface area contributed by atoms with Crippen molar-refractivity contribution in [1.82, 2.24) is 0 Å². The van der Waals surface area contributed by atoms with Crippen molar-refractivity contribution in [2.45, 2.75) is 37.8 Å². The lowest BCUT2D eigenvalue weighted by Gasteiger charge is -2.32. The summed E-state index contributed by atoms with van der Waals surface area (Å²) in [6.07, 6.45) is 3.96. The Labute approximate surface area is 103 Å².